The molecule has 0 unspecified atom stereocenters. The van der Waals surface area contributed by atoms with Gasteiger partial charge >= 0.3 is 12.1 Å². The van der Waals surface area contributed by atoms with Gasteiger partial charge in [0.25, 0.3) is 0 Å². The van der Waals surface area contributed by atoms with Crippen molar-refractivity contribution in [1.29, 1.82) is 0 Å². The summed E-state index contributed by atoms with van der Waals surface area (Å²) in [7, 11) is 2.91. The number of halogens is 3. The maximum absolute atomic E-state index is 13.6. The van der Waals surface area contributed by atoms with Gasteiger partial charge in [-0.15, -0.1) is 0 Å². The maximum atomic E-state index is 13.6. The molecule has 0 bridgehead atoms. The summed E-state index contributed by atoms with van der Waals surface area (Å²) in [6.07, 6.45) is -3.05. The van der Waals surface area contributed by atoms with Crippen molar-refractivity contribution in [3.8, 4) is 17.1 Å². The number of H-pyrrole nitrogens is 1. The minimum atomic E-state index is -4.55. The molecule has 0 atom stereocenters. The van der Waals surface area contributed by atoms with Gasteiger partial charge in [0.1, 0.15) is 5.82 Å². The van der Waals surface area contributed by atoms with Crippen molar-refractivity contribution in [3.05, 3.63) is 59.5 Å². The second-order valence-corrected chi connectivity index (χ2v) is 7.34. The summed E-state index contributed by atoms with van der Waals surface area (Å²) in [4.78, 5) is 11.7. The van der Waals surface area contributed by atoms with Crippen LogP contribution in [0.2, 0.25) is 0 Å². The fraction of sp³-hybridized carbons (Fsp3) is 0.238. The predicted molar refractivity (Wildman–Crippen MR) is 113 cm³/mol. The maximum Gasteiger partial charge on any atom is 0.417 e. The number of benzene rings is 1. The Bertz CT molecular complexity index is 1300. The lowest BCUT2D eigenvalue weighted by Crippen LogP contribution is -2.09. The molecular formula is C21H20F3N7O2. The summed E-state index contributed by atoms with van der Waals surface area (Å²) >= 11 is 0. The number of nitrogens with zero attached hydrogens (tertiary/aromatic N) is 5. The van der Waals surface area contributed by atoms with E-state index in [9.17, 15) is 18.0 Å². The number of aryl methyl sites for hydroxylation is 2. The number of hydrogen-bond acceptors (Lipinski definition) is 6. The van der Waals surface area contributed by atoms with E-state index in [1.807, 2.05) is 0 Å². The highest BCUT2D eigenvalue weighted by Crippen LogP contribution is 2.38. The molecular weight excluding hydrogens is 439 g/mol. The van der Waals surface area contributed by atoms with Crippen LogP contribution in [0.5, 0.6) is 0 Å². The first kappa shape index (κ1) is 22.1. The standard InChI is InChI=1S/C21H20F3N7O2/c1-12-8-19(27-26-12)31-18(10-14(28-31)11-20(32)33-3)25-13-4-5-16(21(22,23)24)15(9-13)17-6-7-30(2)29-17/h4-10,25H,11H2,1-3H3,(H,26,27). The highest BCUT2D eigenvalue weighted by Gasteiger charge is 2.34. The molecule has 172 valence electrons. The SMILES string of the molecule is COC(=O)Cc1cc(Nc2ccc(C(F)(F)F)c(-c3ccn(C)n3)c2)n(-c2cc(C)n[nH]2)n1. The number of methoxy groups -OCH3 is 1. The average molecular weight is 459 g/mol. The molecule has 0 aliphatic carbocycles. The summed E-state index contributed by atoms with van der Waals surface area (Å²) < 4.78 is 48.5. The van der Waals surface area contributed by atoms with Crippen LogP contribution in [0.3, 0.4) is 0 Å². The van der Waals surface area contributed by atoms with E-state index in [-0.39, 0.29) is 17.7 Å². The molecule has 12 heteroatoms. The molecule has 0 aliphatic rings. The molecule has 3 aromatic heterocycles. The number of aromatic amines is 1. The monoisotopic (exact) mass is 459 g/mol. The van der Waals surface area contributed by atoms with Gasteiger partial charge in [-0.2, -0.15) is 33.1 Å². The van der Waals surface area contributed by atoms with Gasteiger partial charge < -0.3 is 10.1 Å². The van der Waals surface area contributed by atoms with Crippen LogP contribution < -0.4 is 5.32 Å². The van der Waals surface area contributed by atoms with Crippen molar-refractivity contribution < 1.29 is 22.7 Å². The Morgan fingerprint density at radius 3 is 2.58 bits per heavy atom. The summed E-state index contributed by atoms with van der Waals surface area (Å²) in [5, 5.41) is 18.5. The number of carbonyl (C=O) groups is 1. The zero-order valence-corrected chi connectivity index (χ0v) is 17.9. The van der Waals surface area contributed by atoms with Crippen molar-refractivity contribution in [2.45, 2.75) is 19.5 Å². The predicted octanol–water partition coefficient (Wildman–Crippen LogP) is 3.78. The number of alkyl halides is 3. The molecule has 2 N–H and O–H groups in total. The number of aromatic nitrogens is 6. The van der Waals surface area contributed by atoms with E-state index >= 15 is 0 Å². The first-order chi connectivity index (χ1) is 15.6. The van der Waals surface area contributed by atoms with Crippen LogP contribution in [0, 0.1) is 6.92 Å². The Labute approximate surface area is 186 Å². The van der Waals surface area contributed by atoms with E-state index in [4.69, 9.17) is 4.74 Å². The fourth-order valence-electron chi connectivity index (χ4n) is 3.31. The van der Waals surface area contributed by atoms with Crippen LogP contribution in [0.1, 0.15) is 17.0 Å². The zero-order chi connectivity index (χ0) is 23.8. The second kappa shape index (κ2) is 8.45. The topological polar surface area (TPSA) is 103 Å². The lowest BCUT2D eigenvalue weighted by atomic mass is 10.0. The summed E-state index contributed by atoms with van der Waals surface area (Å²) in [6, 6.07) is 8.58. The normalized spacial score (nSPS) is 11.6. The third-order valence-electron chi connectivity index (χ3n) is 4.82. The van der Waals surface area contributed by atoms with E-state index in [0.29, 0.717) is 28.7 Å². The van der Waals surface area contributed by atoms with E-state index in [0.717, 1.165) is 6.07 Å². The molecule has 0 spiro atoms. The Hall–Kier alpha value is -4.09. The third-order valence-corrected chi connectivity index (χ3v) is 4.82. The first-order valence-electron chi connectivity index (χ1n) is 9.80. The van der Waals surface area contributed by atoms with E-state index in [1.54, 1.807) is 32.3 Å². The Morgan fingerprint density at radius 2 is 1.97 bits per heavy atom. The number of nitrogens with one attached hydrogen (secondary N) is 2. The molecule has 0 saturated carbocycles. The van der Waals surface area contributed by atoms with E-state index in [1.165, 1.54) is 34.7 Å². The van der Waals surface area contributed by atoms with Crippen molar-refractivity contribution >= 4 is 17.5 Å². The second-order valence-electron chi connectivity index (χ2n) is 7.34. The molecule has 0 amide bonds. The first-order valence-corrected chi connectivity index (χ1v) is 9.80. The van der Waals surface area contributed by atoms with Gasteiger partial charge in [0, 0.05) is 36.6 Å². The summed E-state index contributed by atoms with van der Waals surface area (Å²) in [6.45, 7) is 1.79. The number of rotatable bonds is 6. The number of ether oxygens (including phenoxy) is 1. The van der Waals surface area contributed by atoms with Crippen molar-refractivity contribution in [2.24, 2.45) is 7.05 Å². The molecule has 0 aliphatic heterocycles. The molecule has 9 nitrogen and oxygen atoms in total. The van der Waals surface area contributed by atoms with Crippen LogP contribution in [0.15, 0.2) is 42.6 Å². The van der Waals surface area contributed by atoms with Crippen molar-refractivity contribution in [1.82, 2.24) is 29.8 Å². The van der Waals surface area contributed by atoms with Gasteiger partial charge in [-0.25, -0.2) is 0 Å². The quantitative estimate of drug-likeness (QED) is 0.426. The van der Waals surface area contributed by atoms with Crippen LogP contribution in [0.25, 0.3) is 17.1 Å². The molecule has 33 heavy (non-hydrogen) atoms. The molecule has 0 fully saturated rings. The Morgan fingerprint density at radius 1 is 1.18 bits per heavy atom. The lowest BCUT2D eigenvalue weighted by Gasteiger charge is -2.14. The molecule has 4 rings (SSSR count). The van der Waals surface area contributed by atoms with Gasteiger partial charge in [0.2, 0.25) is 0 Å². The van der Waals surface area contributed by atoms with Crippen LogP contribution in [-0.4, -0.2) is 42.8 Å². The lowest BCUT2D eigenvalue weighted by molar-refractivity contribution is -0.140. The number of carbonyl (C=O) groups excluding carboxylic acids is 1. The largest absolute Gasteiger partial charge is 0.469 e. The van der Waals surface area contributed by atoms with Gasteiger partial charge in [-0.3, -0.25) is 14.6 Å². The Balaban J connectivity index is 1.76. The highest BCUT2D eigenvalue weighted by molar-refractivity contribution is 5.74. The molecule has 0 saturated heterocycles. The van der Waals surface area contributed by atoms with Crippen molar-refractivity contribution in [3.63, 3.8) is 0 Å². The van der Waals surface area contributed by atoms with Crippen molar-refractivity contribution in [2.75, 3.05) is 12.4 Å². The summed E-state index contributed by atoms with van der Waals surface area (Å²) in [5.41, 5.74) is 0.840. The summed E-state index contributed by atoms with van der Waals surface area (Å²) in [5.74, 6) is 0.464. The number of anilines is 2. The minimum absolute atomic E-state index is 0.0636. The smallest absolute Gasteiger partial charge is 0.417 e. The van der Waals surface area contributed by atoms with Crippen LogP contribution in [0.4, 0.5) is 24.7 Å². The van der Waals surface area contributed by atoms with Crippen LogP contribution in [-0.2, 0) is 29.2 Å². The molecule has 4 aromatic rings. The zero-order valence-electron chi connectivity index (χ0n) is 17.9. The molecule has 0 radical (unpaired) electrons. The minimum Gasteiger partial charge on any atom is -0.469 e. The van der Waals surface area contributed by atoms with E-state index < -0.39 is 17.7 Å². The fourth-order valence-corrected chi connectivity index (χ4v) is 3.31. The van der Waals surface area contributed by atoms with Crippen LogP contribution >= 0.6 is 0 Å². The Kier molecular flexibility index (Phi) is 5.66. The number of hydrogen-bond donors (Lipinski definition) is 2. The number of esters is 1. The third kappa shape index (κ3) is 4.73. The van der Waals surface area contributed by atoms with Gasteiger partial charge in [-0.1, -0.05) is 0 Å². The van der Waals surface area contributed by atoms with Gasteiger partial charge in [-0.05, 0) is 31.2 Å². The molecule has 1 aromatic carbocycles. The van der Waals surface area contributed by atoms with E-state index in [2.05, 4.69) is 25.7 Å². The van der Waals surface area contributed by atoms with Gasteiger partial charge in [0.15, 0.2) is 5.82 Å². The van der Waals surface area contributed by atoms with Gasteiger partial charge in [0.05, 0.1) is 36.2 Å². The highest BCUT2D eigenvalue weighted by atomic mass is 19.4. The molecule has 3 heterocycles. The average Bonchev–Trinajstić information content (AvgIpc) is 3.47.